The second kappa shape index (κ2) is 3.12. The predicted octanol–water partition coefficient (Wildman–Crippen LogP) is 0.842. The van der Waals surface area contributed by atoms with Crippen molar-refractivity contribution >= 4 is 5.91 Å². The van der Waals surface area contributed by atoms with E-state index < -0.39 is 0 Å². The lowest BCUT2D eigenvalue weighted by molar-refractivity contribution is 0.0778. The number of aromatic nitrogens is 2. The molecular weight excluding hydrogens is 166 g/mol. The number of carbonyl (C=O) groups excluding carboxylic acids is 1. The molecule has 0 aromatic carbocycles. The van der Waals surface area contributed by atoms with E-state index in [1.807, 2.05) is 0 Å². The zero-order chi connectivity index (χ0) is 9.26. The van der Waals surface area contributed by atoms with Crippen molar-refractivity contribution in [1.82, 2.24) is 14.9 Å². The number of fused-ring (bicyclic) bond motifs is 1. The Balaban J connectivity index is 2.28. The van der Waals surface area contributed by atoms with E-state index in [1.165, 1.54) is 6.33 Å². The lowest BCUT2D eigenvalue weighted by Gasteiger charge is -2.12. The van der Waals surface area contributed by atoms with Crippen molar-refractivity contribution in [3.05, 3.63) is 23.8 Å². The summed E-state index contributed by atoms with van der Waals surface area (Å²) in [6.07, 6.45) is 4.06. The van der Waals surface area contributed by atoms with Crippen molar-refractivity contribution < 1.29 is 4.79 Å². The van der Waals surface area contributed by atoms with Gasteiger partial charge in [0.2, 0.25) is 0 Å². The molecule has 0 fully saturated rings. The molecule has 4 nitrogen and oxygen atoms in total. The van der Waals surface area contributed by atoms with Crippen LogP contribution in [0.4, 0.5) is 0 Å². The molecule has 0 radical (unpaired) electrons. The van der Waals surface area contributed by atoms with E-state index in [2.05, 4.69) is 16.9 Å². The number of nitrogens with zero attached hydrogens (tertiary/aromatic N) is 3. The van der Waals surface area contributed by atoms with Crippen LogP contribution >= 0.6 is 0 Å². The first-order valence-corrected chi connectivity index (χ1v) is 4.41. The molecule has 2 heterocycles. The fraction of sp³-hybridized carbons (Fsp3) is 0.444. The fourth-order valence-corrected chi connectivity index (χ4v) is 1.53. The first-order valence-electron chi connectivity index (χ1n) is 4.41. The van der Waals surface area contributed by atoms with Gasteiger partial charge in [-0.2, -0.15) is 0 Å². The Kier molecular flexibility index (Phi) is 1.96. The molecule has 4 heteroatoms. The van der Waals surface area contributed by atoms with Crippen molar-refractivity contribution in [2.75, 3.05) is 6.54 Å². The van der Waals surface area contributed by atoms with Crippen LogP contribution in [0.1, 0.15) is 29.4 Å². The molecule has 0 saturated carbocycles. The summed E-state index contributed by atoms with van der Waals surface area (Å²) in [5.74, 6) is 0.0671. The standard InChI is InChI=1S/C9H11N3O/c1-2-3-12-5-8-7(9(12)13)4-10-6-11-8/h4,6H,2-3,5H2,1H3. The summed E-state index contributed by atoms with van der Waals surface area (Å²) in [5.41, 5.74) is 1.52. The van der Waals surface area contributed by atoms with E-state index in [0.29, 0.717) is 12.1 Å². The topological polar surface area (TPSA) is 46.1 Å². The van der Waals surface area contributed by atoms with Gasteiger partial charge in [-0.25, -0.2) is 9.97 Å². The van der Waals surface area contributed by atoms with E-state index >= 15 is 0 Å². The summed E-state index contributed by atoms with van der Waals surface area (Å²) < 4.78 is 0. The third-order valence-electron chi connectivity index (χ3n) is 2.15. The monoisotopic (exact) mass is 177 g/mol. The van der Waals surface area contributed by atoms with Crippen LogP contribution in [-0.2, 0) is 6.54 Å². The number of amides is 1. The van der Waals surface area contributed by atoms with Gasteiger partial charge >= 0.3 is 0 Å². The van der Waals surface area contributed by atoms with Crippen LogP contribution in [-0.4, -0.2) is 27.3 Å². The molecule has 0 unspecified atom stereocenters. The van der Waals surface area contributed by atoms with Gasteiger partial charge in [-0.1, -0.05) is 6.92 Å². The van der Waals surface area contributed by atoms with Gasteiger partial charge in [-0.15, -0.1) is 0 Å². The molecule has 0 saturated heterocycles. The molecule has 1 aliphatic heterocycles. The third-order valence-corrected chi connectivity index (χ3v) is 2.15. The van der Waals surface area contributed by atoms with Gasteiger partial charge in [-0.05, 0) is 6.42 Å². The highest BCUT2D eigenvalue weighted by atomic mass is 16.2. The largest absolute Gasteiger partial charge is 0.333 e. The molecule has 13 heavy (non-hydrogen) atoms. The molecule has 0 atom stereocenters. The maximum absolute atomic E-state index is 11.6. The number of rotatable bonds is 2. The maximum Gasteiger partial charge on any atom is 0.257 e. The molecule has 68 valence electrons. The normalized spacial score (nSPS) is 14.8. The number of hydrogen-bond acceptors (Lipinski definition) is 3. The Labute approximate surface area is 76.6 Å². The van der Waals surface area contributed by atoms with E-state index in [1.54, 1.807) is 11.1 Å². The second-order valence-electron chi connectivity index (χ2n) is 3.11. The molecule has 1 aromatic rings. The Morgan fingerprint density at radius 2 is 2.46 bits per heavy atom. The summed E-state index contributed by atoms with van der Waals surface area (Å²) in [6.45, 7) is 3.50. The van der Waals surface area contributed by atoms with Gasteiger partial charge in [-0.3, -0.25) is 4.79 Å². The molecule has 0 spiro atoms. The van der Waals surface area contributed by atoms with E-state index in [-0.39, 0.29) is 5.91 Å². The van der Waals surface area contributed by atoms with Crippen LogP contribution in [0.25, 0.3) is 0 Å². The van der Waals surface area contributed by atoms with Crippen molar-refractivity contribution in [3.8, 4) is 0 Å². The van der Waals surface area contributed by atoms with E-state index in [0.717, 1.165) is 18.7 Å². The van der Waals surface area contributed by atoms with Crippen molar-refractivity contribution in [1.29, 1.82) is 0 Å². The Hall–Kier alpha value is -1.45. The minimum Gasteiger partial charge on any atom is -0.333 e. The average Bonchev–Trinajstić information content (AvgIpc) is 2.46. The van der Waals surface area contributed by atoms with Crippen LogP contribution < -0.4 is 0 Å². The third kappa shape index (κ3) is 1.28. The smallest absolute Gasteiger partial charge is 0.257 e. The fourth-order valence-electron chi connectivity index (χ4n) is 1.53. The van der Waals surface area contributed by atoms with Crippen LogP contribution in [0.15, 0.2) is 12.5 Å². The van der Waals surface area contributed by atoms with Gasteiger partial charge < -0.3 is 4.90 Å². The molecule has 2 rings (SSSR count). The first-order chi connectivity index (χ1) is 6.33. The maximum atomic E-state index is 11.6. The molecule has 1 aliphatic rings. The summed E-state index contributed by atoms with van der Waals surface area (Å²) in [6, 6.07) is 0. The van der Waals surface area contributed by atoms with Crippen molar-refractivity contribution in [2.45, 2.75) is 19.9 Å². The van der Waals surface area contributed by atoms with Crippen LogP contribution in [0, 0.1) is 0 Å². The van der Waals surface area contributed by atoms with Crippen LogP contribution in [0.2, 0.25) is 0 Å². The van der Waals surface area contributed by atoms with Crippen LogP contribution in [0.3, 0.4) is 0 Å². The van der Waals surface area contributed by atoms with Gasteiger partial charge in [0.1, 0.15) is 6.33 Å². The summed E-state index contributed by atoms with van der Waals surface area (Å²) in [5, 5.41) is 0. The number of carbonyl (C=O) groups is 1. The molecule has 0 N–H and O–H groups in total. The summed E-state index contributed by atoms with van der Waals surface area (Å²) in [4.78, 5) is 21.3. The highest BCUT2D eigenvalue weighted by molar-refractivity contribution is 5.97. The minimum absolute atomic E-state index is 0.0671. The first kappa shape index (κ1) is 8.16. The lowest BCUT2D eigenvalue weighted by atomic mass is 10.3. The van der Waals surface area contributed by atoms with Gasteiger partial charge in [0.15, 0.2) is 0 Å². The quantitative estimate of drug-likeness (QED) is 0.672. The Morgan fingerprint density at radius 3 is 3.15 bits per heavy atom. The van der Waals surface area contributed by atoms with Gasteiger partial charge in [0.05, 0.1) is 17.8 Å². The van der Waals surface area contributed by atoms with Crippen molar-refractivity contribution in [2.24, 2.45) is 0 Å². The lowest BCUT2D eigenvalue weighted by Crippen LogP contribution is -2.24. The highest BCUT2D eigenvalue weighted by Crippen LogP contribution is 2.18. The van der Waals surface area contributed by atoms with Gasteiger partial charge in [0, 0.05) is 12.7 Å². The highest BCUT2D eigenvalue weighted by Gasteiger charge is 2.27. The average molecular weight is 177 g/mol. The SMILES string of the molecule is CCCN1Cc2ncncc2C1=O. The van der Waals surface area contributed by atoms with E-state index in [4.69, 9.17) is 0 Å². The zero-order valence-electron chi connectivity index (χ0n) is 7.53. The molecule has 1 aromatic heterocycles. The summed E-state index contributed by atoms with van der Waals surface area (Å²) in [7, 11) is 0. The summed E-state index contributed by atoms with van der Waals surface area (Å²) >= 11 is 0. The number of hydrogen-bond donors (Lipinski definition) is 0. The Morgan fingerprint density at radius 1 is 1.62 bits per heavy atom. The Bertz CT molecular complexity index is 337. The molecule has 0 bridgehead atoms. The molecule has 1 amide bonds. The van der Waals surface area contributed by atoms with E-state index in [9.17, 15) is 4.79 Å². The van der Waals surface area contributed by atoms with Crippen LogP contribution in [0.5, 0.6) is 0 Å². The molecule has 0 aliphatic carbocycles. The van der Waals surface area contributed by atoms with Crippen molar-refractivity contribution in [3.63, 3.8) is 0 Å². The minimum atomic E-state index is 0.0671. The second-order valence-corrected chi connectivity index (χ2v) is 3.11. The predicted molar refractivity (Wildman–Crippen MR) is 47.1 cm³/mol. The van der Waals surface area contributed by atoms with Gasteiger partial charge in [0.25, 0.3) is 5.91 Å². The molecular formula is C9H11N3O. The zero-order valence-corrected chi connectivity index (χ0v) is 7.53.